The topological polar surface area (TPSA) is 63.5 Å². The molecule has 114 valence electrons. The second-order valence-electron chi connectivity index (χ2n) is 5.24. The lowest BCUT2D eigenvalue weighted by atomic mass is 10.1. The van der Waals surface area contributed by atoms with Crippen molar-refractivity contribution in [2.24, 2.45) is 4.99 Å². The minimum Gasteiger partial charge on any atom is -0.377 e. The van der Waals surface area contributed by atoms with Crippen molar-refractivity contribution in [3.05, 3.63) is 18.7 Å². The van der Waals surface area contributed by atoms with Crippen molar-refractivity contribution in [3.63, 3.8) is 0 Å². The Labute approximate surface area is 121 Å². The molecule has 0 fully saturated rings. The summed E-state index contributed by atoms with van der Waals surface area (Å²) in [6.45, 7) is 9.41. The first kappa shape index (κ1) is 16.5. The molecule has 0 atom stereocenters. The molecule has 1 aromatic heterocycles. The van der Waals surface area contributed by atoms with E-state index in [2.05, 4.69) is 32.1 Å². The number of hydrogen-bond acceptors (Lipinski definition) is 3. The average molecular weight is 281 g/mol. The Balaban J connectivity index is 2.32. The van der Waals surface area contributed by atoms with Crippen LogP contribution < -0.4 is 10.6 Å². The Morgan fingerprint density at radius 2 is 2.20 bits per heavy atom. The summed E-state index contributed by atoms with van der Waals surface area (Å²) in [7, 11) is 1.71. The third-order valence-corrected chi connectivity index (χ3v) is 2.96. The van der Waals surface area contributed by atoms with Gasteiger partial charge in [0.25, 0.3) is 0 Å². The number of guanidine groups is 1. The maximum atomic E-state index is 5.37. The number of methoxy groups -OCH3 is 1. The highest BCUT2D eigenvalue weighted by molar-refractivity contribution is 5.79. The highest BCUT2D eigenvalue weighted by Crippen LogP contribution is 2.06. The van der Waals surface area contributed by atoms with Crippen molar-refractivity contribution in [2.75, 3.05) is 26.7 Å². The predicted octanol–water partition coefficient (Wildman–Crippen LogP) is 1.25. The van der Waals surface area contributed by atoms with Crippen LogP contribution in [0.1, 0.15) is 27.2 Å². The van der Waals surface area contributed by atoms with Crippen LogP contribution in [0.3, 0.4) is 0 Å². The third kappa shape index (κ3) is 6.56. The second-order valence-corrected chi connectivity index (χ2v) is 5.24. The first-order valence-corrected chi connectivity index (χ1v) is 7.10. The lowest BCUT2D eigenvalue weighted by Gasteiger charge is -2.21. The molecule has 0 spiro atoms. The van der Waals surface area contributed by atoms with Gasteiger partial charge in [0.1, 0.15) is 0 Å². The van der Waals surface area contributed by atoms with Crippen LogP contribution >= 0.6 is 0 Å². The average Bonchev–Trinajstić information content (AvgIpc) is 2.94. The fraction of sp³-hybridized carbons (Fsp3) is 0.714. The summed E-state index contributed by atoms with van der Waals surface area (Å²) in [6.07, 6.45) is 6.63. The van der Waals surface area contributed by atoms with Crippen molar-refractivity contribution in [1.82, 2.24) is 20.2 Å². The summed E-state index contributed by atoms with van der Waals surface area (Å²) in [5.74, 6) is 0.836. The fourth-order valence-electron chi connectivity index (χ4n) is 1.56. The second kappa shape index (κ2) is 8.58. The van der Waals surface area contributed by atoms with E-state index in [4.69, 9.17) is 4.74 Å². The van der Waals surface area contributed by atoms with Gasteiger partial charge in [-0.15, -0.1) is 0 Å². The molecule has 2 N–H and O–H groups in total. The van der Waals surface area contributed by atoms with Crippen molar-refractivity contribution in [2.45, 2.75) is 39.3 Å². The predicted molar refractivity (Wildman–Crippen MR) is 81.9 cm³/mol. The van der Waals surface area contributed by atoms with E-state index < -0.39 is 0 Å². The molecule has 0 aliphatic rings. The van der Waals surface area contributed by atoms with Gasteiger partial charge in [0.15, 0.2) is 5.96 Å². The molecule has 0 aromatic carbocycles. The molecule has 0 amide bonds. The van der Waals surface area contributed by atoms with E-state index in [1.807, 2.05) is 26.4 Å². The third-order valence-electron chi connectivity index (χ3n) is 2.96. The maximum Gasteiger partial charge on any atom is 0.191 e. The summed E-state index contributed by atoms with van der Waals surface area (Å²) in [5.41, 5.74) is -0.237. The molecule has 0 bridgehead atoms. The lowest BCUT2D eigenvalue weighted by Crippen LogP contribution is -2.39. The Bertz CT molecular complexity index is 386. The molecule has 6 heteroatoms. The summed E-state index contributed by atoms with van der Waals surface area (Å²) in [4.78, 5) is 8.56. The largest absolute Gasteiger partial charge is 0.377 e. The number of aliphatic imine (C=N–C) groups is 1. The van der Waals surface area contributed by atoms with Crippen LogP contribution in [0.2, 0.25) is 0 Å². The van der Waals surface area contributed by atoms with Gasteiger partial charge in [-0.3, -0.25) is 4.99 Å². The number of nitrogens with one attached hydrogen (secondary N) is 2. The van der Waals surface area contributed by atoms with Crippen LogP contribution in [0.25, 0.3) is 0 Å². The van der Waals surface area contributed by atoms with E-state index in [-0.39, 0.29) is 5.60 Å². The summed E-state index contributed by atoms with van der Waals surface area (Å²) >= 11 is 0. The number of aryl methyl sites for hydroxylation is 1. The monoisotopic (exact) mass is 281 g/mol. The number of rotatable bonds is 8. The maximum absolute atomic E-state index is 5.37. The molecule has 20 heavy (non-hydrogen) atoms. The Hall–Kier alpha value is -1.56. The van der Waals surface area contributed by atoms with Crippen molar-refractivity contribution >= 4 is 5.96 Å². The molecule has 0 saturated carbocycles. The standard InChI is InChI=1S/C14H27N5O/c1-5-16-13(18-11-14(2,3)20-4)17-7-6-9-19-10-8-15-12-19/h8,10,12H,5-7,9,11H2,1-4H3,(H2,16,17,18). The smallest absolute Gasteiger partial charge is 0.191 e. The van der Waals surface area contributed by atoms with E-state index in [0.717, 1.165) is 32.0 Å². The first-order chi connectivity index (χ1) is 9.57. The normalized spacial score (nSPS) is 12.5. The van der Waals surface area contributed by atoms with Crippen LogP contribution in [-0.4, -0.2) is 47.9 Å². The molecule has 0 radical (unpaired) electrons. The van der Waals surface area contributed by atoms with Crippen LogP contribution in [-0.2, 0) is 11.3 Å². The van der Waals surface area contributed by atoms with E-state index in [9.17, 15) is 0 Å². The van der Waals surface area contributed by atoms with E-state index in [0.29, 0.717) is 6.54 Å². The van der Waals surface area contributed by atoms with Gasteiger partial charge >= 0.3 is 0 Å². The minimum absolute atomic E-state index is 0.237. The zero-order chi connectivity index (χ0) is 14.8. The number of hydrogen-bond donors (Lipinski definition) is 2. The van der Waals surface area contributed by atoms with Crippen molar-refractivity contribution < 1.29 is 4.74 Å². The first-order valence-electron chi connectivity index (χ1n) is 7.10. The molecule has 1 aromatic rings. The Morgan fingerprint density at radius 1 is 1.40 bits per heavy atom. The van der Waals surface area contributed by atoms with Crippen LogP contribution in [0.15, 0.2) is 23.7 Å². The lowest BCUT2D eigenvalue weighted by molar-refractivity contribution is 0.0310. The minimum atomic E-state index is -0.237. The quantitative estimate of drug-likeness (QED) is 0.428. The molecule has 6 nitrogen and oxygen atoms in total. The number of aromatic nitrogens is 2. The molecular weight excluding hydrogens is 254 g/mol. The van der Waals surface area contributed by atoms with E-state index in [1.165, 1.54) is 0 Å². The van der Waals surface area contributed by atoms with Gasteiger partial charge in [0, 0.05) is 39.1 Å². The number of ether oxygens (including phenoxy) is 1. The van der Waals surface area contributed by atoms with Crippen molar-refractivity contribution in [1.29, 1.82) is 0 Å². The number of nitrogens with zero attached hydrogens (tertiary/aromatic N) is 3. The number of imidazole rings is 1. The van der Waals surface area contributed by atoms with Gasteiger partial charge in [0.2, 0.25) is 0 Å². The molecule has 0 aliphatic heterocycles. The summed E-state index contributed by atoms with van der Waals surface area (Å²) in [6, 6.07) is 0. The Kier molecular flexibility index (Phi) is 7.08. The molecule has 1 heterocycles. The highest BCUT2D eigenvalue weighted by atomic mass is 16.5. The zero-order valence-electron chi connectivity index (χ0n) is 13.0. The fourth-order valence-corrected chi connectivity index (χ4v) is 1.56. The summed E-state index contributed by atoms with van der Waals surface area (Å²) < 4.78 is 7.44. The van der Waals surface area contributed by atoms with Gasteiger partial charge in [-0.1, -0.05) is 0 Å². The van der Waals surface area contributed by atoms with Gasteiger partial charge in [0.05, 0.1) is 18.5 Å². The molecular formula is C14H27N5O. The summed E-state index contributed by atoms with van der Waals surface area (Å²) in [5, 5.41) is 6.57. The molecule has 0 saturated heterocycles. The zero-order valence-corrected chi connectivity index (χ0v) is 13.0. The van der Waals surface area contributed by atoms with Gasteiger partial charge in [-0.2, -0.15) is 0 Å². The van der Waals surface area contributed by atoms with Gasteiger partial charge in [-0.25, -0.2) is 4.98 Å². The van der Waals surface area contributed by atoms with E-state index >= 15 is 0 Å². The Morgan fingerprint density at radius 3 is 2.80 bits per heavy atom. The van der Waals surface area contributed by atoms with Crippen LogP contribution in [0, 0.1) is 0 Å². The van der Waals surface area contributed by atoms with Gasteiger partial charge in [-0.05, 0) is 27.2 Å². The molecule has 0 unspecified atom stereocenters. The molecule has 1 rings (SSSR count). The van der Waals surface area contributed by atoms with Crippen LogP contribution in [0.5, 0.6) is 0 Å². The highest BCUT2D eigenvalue weighted by Gasteiger charge is 2.15. The molecule has 0 aliphatic carbocycles. The van der Waals surface area contributed by atoms with E-state index in [1.54, 1.807) is 13.3 Å². The van der Waals surface area contributed by atoms with Crippen molar-refractivity contribution in [3.8, 4) is 0 Å². The SMILES string of the molecule is CCNC(=NCC(C)(C)OC)NCCCn1ccnc1. The van der Waals surface area contributed by atoms with Gasteiger partial charge < -0.3 is 19.9 Å². The van der Waals surface area contributed by atoms with Crippen LogP contribution in [0.4, 0.5) is 0 Å².